The third-order valence-electron chi connectivity index (χ3n) is 5.11. The summed E-state index contributed by atoms with van der Waals surface area (Å²) in [5.74, 6) is -0.0156. The molecule has 0 aliphatic carbocycles. The van der Waals surface area contributed by atoms with Gasteiger partial charge < -0.3 is 10.2 Å². The van der Waals surface area contributed by atoms with Gasteiger partial charge in [-0.05, 0) is 37.8 Å². The van der Waals surface area contributed by atoms with Crippen molar-refractivity contribution in [2.75, 3.05) is 24.6 Å². The molecule has 0 saturated carbocycles. The van der Waals surface area contributed by atoms with Crippen LogP contribution in [0.15, 0.2) is 24.3 Å². The molecule has 0 bridgehead atoms. The Morgan fingerprint density at radius 1 is 1.12 bits per heavy atom. The normalized spacial score (nSPS) is 23.4. The summed E-state index contributed by atoms with van der Waals surface area (Å²) in [6.45, 7) is 3.02. The van der Waals surface area contributed by atoms with E-state index in [-0.39, 0.29) is 35.3 Å². The van der Waals surface area contributed by atoms with Crippen LogP contribution in [0, 0.1) is 12.8 Å². The third-order valence-corrected chi connectivity index (χ3v) is 6.88. The summed E-state index contributed by atoms with van der Waals surface area (Å²) >= 11 is 0. The van der Waals surface area contributed by atoms with Crippen LogP contribution in [0.5, 0.6) is 0 Å². The van der Waals surface area contributed by atoms with E-state index in [1.165, 1.54) is 0 Å². The van der Waals surface area contributed by atoms with Gasteiger partial charge in [0.25, 0.3) is 5.91 Å². The molecule has 1 unspecified atom stereocenters. The highest BCUT2D eigenvalue weighted by atomic mass is 32.2. The smallest absolute Gasteiger partial charge is 0.254 e. The molecule has 3 rings (SSSR count). The molecule has 2 saturated heterocycles. The molecule has 1 aromatic rings. The predicted molar refractivity (Wildman–Crippen MR) is 95.0 cm³/mol. The quantitative estimate of drug-likeness (QED) is 0.872. The molecule has 1 atom stereocenters. The van der Waals surface area contributed by atoms with Gasteiger partial charge in [-0.15, -0.1) is 0 Å². The molecule has 25 heavy (non-hydrogen) atoms. The van der Waals surface area contributed by atoms with Gasteiger partial charge in [-0.3, -0.25) is 9.59 Å². The second-order valence-electron chi connectivity index (χ2n) is 6.99. The summed E-state index contributed by atoms with van der Waals surface area (Å²) in [4.78, 5) is 26.8. The van der Waals surface area contributed by atoms with Gasteiger partial charge in [-0.2, -0.15) is 0 Å². The van der Waals surface area contributed by atoms with Gasteiger partial charge in [0.05, 0.1) is 11.5 Å². The highest BCUT2D eigenvalue weighted by Crippen LogP contribution is 2.21. The van der Waals surface area contributed by atoms with E-state index in [1.54, 1.807) is 4.90 Å². The zero-order chi connectivity index (χ0) is 18.0. The lowest BCUT2D eigenvalue weighted by atomic mass is 9.94. The summed E-state index contributed by atoms with van der Waals surface area (Å²) in [7, 11) is -2.99. The molecule has 0 radical (unpaired) electrons. The summed E-state index contributed by atoms with van der Waals surface area (Å²) in [6, 6.07) is 7.26. The number of carbonyl (C=O) groups excluding carboxylic acids is 2. The Morgan fingerprint density at radius 3 is 2.40 bits per heavy atom. The highest BCUT2D eigenvalue weighted by Gasteiger charge is 2.33. The standard InChI is InChI=1S/C18H24N2O4S/c1-13-4-2-3-5-16(13)18(22)20-9-6-14(7-10-20)17(21)19-15-8-11-25(23,24)12-15/h2-5,14-15H,6-12H2,1H3,(H,19,21). The number of benzene rings is 1. The number of carbonyl (C=O) groups is 2. The first-order valence-electron chi connectivity index (χ1n) is 8.71. The van der Waals surface area contributed by atoms with Crippen molar-refractivity contribution in [1.29, 1.82) is 0 Å². The van der Waals surface area contributed by atoms with E-state index >= 15 is 0 Å². The first kappa shape index (κ1) is 17.9. The lowest BCUT2D eigenvalue weighted by molar-refractivity contribution is -0.126. The number of amides is 2. The van der Waals surface area contributed by atoms with Crippen molar-refractivity contribution >= 4 is 21.7 Å². The number of hydrogen-bond donors (Lipinski definition) is 1. The van der Waals surface area contributed by atoms with Crippen LogP contribution in [-0.2, 0) is 14.6 Å². The maximum absolute atomic E-state index is 12.6. The Labute approximate surface area is 148 Å². The number of nitrogens with one attached hydrogen (secondary N) is 1. The molecule has 2 aliphatic heterocycles. The van der Waals surface area contributed by atoms with Crippen molar-refractivity contribution in [3.8, 4) is 0 Å². The highest BCUT2D eigenvalue weighted by molar-refractivity contribution is 7.91. The molecule has 2 aliphatic rings. The van der Waals surface area contributed by atoms with Crippen LogP contribution in [0.3, 0.4) is 0 Å². The molecule has 6 nitrogen and oxygen atoms in total. The van der Waals surface area contributed by atoms with E-state index in [9.17, 15) is 18.0 Å². The number of rotatable bonds is 3. The molecule has 136 valence electrons. The Hall–Kier alpha value is -1.89. The van der Waals surface area contributed by atoms with Crippen molar-refractivity contribution in [1.82, 2.24) is 10.2 Å². The maximum atomic E-state index is 12.6. The van der Waals surface area contributed by atoms with Crippen LogP contribution in [0.2, 0.25) is 0 Å². The SMILES string of the molecule is Cc1ccccc1C(=O)N1CCC(C(=O)NC2CCS(=O)(=O)C2)CC1. The first-order valence-corrected chi connectivity index (χ1v) is 10.5. The van der Waals surface area contributed by atoms with Gasteiger partial charge in [0.15, 0.2) is 9.84 Å². The van der Waals surface area contributed by atoms with Crippen LogP contribution in [0.1, 0.15) is 35.2 Å². The molecular formula is C18H24N2O4S. The first-order chi connectivity index (χ1) is 11.9. The minimum atomic E-state index is -2.99. The molecule has 0 spiro atoms. The molecule has 2 fully saturated rings. The number of nitrogens with zero attached hydrogens (tertiary/aromatic N) is 1. The summed E-state index contributed by atoms with van der Waals surface area (Å²) in [5, 5.41) is 2.87. The lowest BCUT2D eigenvalue weighted by Gasteiger charge is -2.32. The molecule has 2 heterocycles. The molecule has 7 heteroatoms. The van der Waals surface area contributed by atoms with E-state index < -0.39 is 9.84 Å². The molecule has 1 aromatic carbocycles. The predicted octanol–water partition coefficient (Wildman–Crippen LogP) is 1.15. The fourth-order valence-corrected chi connectivity index (χ4v) is 5.23. The summed E-state index contributed by atoms with van der Waals surface area (Å²) < 4.78 is 23.0. The van der Waals surface area contributed by atoms with Gasteiger partial charge in [0.1, 0.15) is 0 Å². The van der Waals surface area contributed by atoms with Gasteiger partial charge in [-0.1, -0.05) is 18.2 Å². The summed E-state index contributed by atoms with van der Waals surface area (Å²) in [5.41, 5.74) is 1.66. The van der Waals surface area contributed by atoms with Gasteiger partial charge >= 0.3 is 0 Å². The van der Waals surface area contributed by atoms with E-state index in [2.05, 4.69) is 5.32 Å². The number of piperidine rings is 1. The lowest BCUT2D eigenvalue weighted by Crippen LogP contribution is -2.45. The van der Waals surface area contributed by atoms with E-state index in [4.69, 9.17) is 0 Å². The molecular weight excluding hydrogens is 340 g/mol. The second-order valence-corrected chi connectivity index (χ2v) is 9.22. The van der Waals surface area contributed by atoms with Crippen LogP contribution < -0.4 is 5.32 Å². The molecule has 0 aromatic heterocycles. The van der Waals surface area contributed by atoms with Gasteiger partial charge in [-0.25, -0.2) is 8.42 Å². The van der Waals surface area contributed by atoms with E-state index in [0.29, 0.717) is 37.9 Å². The average Bonchev–Trinajstić information content (AvgIpc) is 2.93. The van der Waals surface area contributed by atoms with Crippen LogP contribution in [-0.4, -0.2) is 55.8 Å². The zero-order valence-corrected chi connectivity index (χ0v) is 15.2. The van der Waals surface area contributed by atoms with Gasteiger partial charge in [0, 0.05) is 30.6 Å². The number of aryl methyl sites for hydroxylation is 1. The number of sulfone groups is 1. The minimum absolute atomic E-state index is 0.0128. The largest absolute Gasteiger partial charge is 0.352 e. The minimum Gasteiger partial charge on any atom is -0.352 e. The Bertz CT molecular complexity index is 767. The van der Waals surface area contributed by atoms with Crippen molar-refractivity contribution in [3.05, 3.63) is 35.4 Å². The second kappa shape index (κ2) is 7.15. The topological polar surface area (TPSA) is 83.6 Å². The maximum Gasteiger partial charge on any atom is 0.254 e. The number of hydrogen-bond acceptors (Lipinski definition) is 4. The summed E-state index contributed by atoms with van der Waals surface area (Å²) in [6.07, 6.45) is 1.73. The van der Waals surface area contributed by atoms with Crippen molar-refractivity contribution < 1.29 is 18.0 Å². The Kier molecular flexibility index (Phi) is 5.13. The third kappa shape index (κ3) is 4.21. The number of likely N-dealkylation sites (tertiary alicyclic amines) is 1. The van der Waals surface area contributed by atoms with Crippen LogP contribution in [0.4, 0.5) is 0 Å². The molecule has 1 N–H and O–H groups in total. The van der Waals surface area contributed by atoms with E-state index in [0.717, 1.165) is 5.56 Å². The Balaban J connectivity index is 1.52. The van der Waals surface area contributed by atoms with Crippen LogP contribution >= 0.6 is 0 Å². The zero-order valence-electron chi connectivity index (χ0n) is 14.4. The Morgan fingerprint density at radius 2 is 1.80 bits per heavy atom. The van der Waals surface area contributed by atoms with E-state index in [1.807, 2.05) is 31.2 Å². The van der Waals surface area contributed by atoms with Crippen molar-refractivity contribution in [2.24, 2.45) is 5.92 Å². The fraction of sp³-hybridized carbons (Fsp3) is 0.556. The van der Waals surface area contributed by atoms with Gasteiger partial charge in [0.2, 0.25) is 5.91 Å². The monoisotopic (exact) mass is 364 g/mol. The van der Waals surface area contributed by atoms with Crippen molar-refractivity contribution in [2.45, 2.75) is 32.2 Å². The molecule has 2 amide bonds. The fourth-order valence-electron chi connectivity index (χ4n) is 3.56. The van der Waals surface area contributed by atoms with Crippen LogP contribution in [0.25, 0.3) is 0 Å². The van der Waals surface area contributed by atoms with Crippen molar-refractivity contribution in [3.63, 3.8) is 0 Å². The average molecular weight is 364 g/mol.